The number of amides is 2. The summed E-state index contributed by atoms with van der Waals surface area (Å²) in [6, 6.07) is 12.0. The number of phenolic OH excluding ortho intramolecular Hbond substituents is 1. The molecule has 0 saturated carbocycles. The fraction of sp³-hybridized carbons (Fsp3) is 0.105. The lowest BCUT2D eigenvalue weighted by Crippen LogP contribution is -2.19. The molecule has 3 aromatic rings. The predicted molar refractivity (Wildman–Crippen MR) is 114 cm³/mol. The molecule has 0 aliphatic heterocycles. The molecule has 0 fully saturated rings. The number of carbonyl (C=O) groups is 2. The molecule has 2 aromatic carbocycles. The average molecular weight is 474 g/mol. The first-order chi connectivity index (χ1) is 13.9. The first-order valence-electron chi connectivity index (χ1n) is 8.41. The highest BCUT2D eigenvalue weighted by Crippen LogP contribution is 2.20. The Morgan fingerprint density at radius 3 is 2.72 bits per heavy atom. The minimum Gasteiger partial charge on any atom is -0.507 e. The molecule has 29 heavy (non-hydrogen) atoms. The summed E-state index contributed by atoms with van der Waals surface area (Å²) in [6.07, 6.45) is 1.30. The van der Waals surface area contributed by atoms with E-state index in [-0.39, 0.29) is 18.1 Å². The second kappa shape index (κ2) is 9.39. The average Bonchev–Trinajstić information content (AvgIpc) is 3.11. The van der Waals surface area contributed by atoms with Crippen molar-refractivity contribution in [3.05, 3.63) is 68.6 Å². The predicted octanol–water partition coefficient (Wildman–Crippen LogP) is 3.26. The lowest BCUT2D eigenvalue weighted by molar-refractivity contribution is -0.120. The van der Waals surface area contributed by atoms with E-state index in [1.54, 1.807) is 24.3 Å². The van der Waals surface area contributed by atoms with E-state index >= 15 is 0 Å². The van der Waals surface area contributed by atoms with Crippen LogP contribution in [0.2, 0.25) is 0 Å². The molecule has 1 aromatic heterocycles. The van der Waals surface area contributed by atoms with Crippen LogP contribution in [0, 0.1) is 6.92 Å². The second-order valence-electron chi connectivity index (χ2n) is 5.99. The van der Waals surface area contributed by atoms with Gasteiger partial charge in [-0.2, -0.15) is 5.10 Å². The molecular weight excluding hydrogens is 458 g/mol. The molecule has 0 aliphatic rings. The lowest BCUT2D eigenvalue weighted by Gasteiger charge is -2.01. The maximum atomic E-state index is 12.2. The number of hydrogen-bond acceptors (Lipinski definition) is 7. The molecule has 8 nitrogen and oxygen atoms in total. The number of hydrogen-bond donors (Lipinski definition) is 3. The van der Waals surface area contributed by atoms with Gasteiger partial charge in [-0.05, 0) is 37.3 Å². The Morgan fingerprint density at radius 2 is 1.97 bits per heavy atom. The quantitative estimate of drug-likeness (QED) is 0.375. The smallest absolute Gasteiger partial charge is 0.257 e. The van der Waals surface area contributed by atoms with Gasteiger partial charge in [0.2, 0.25) is 11.0 Å². The van der Waals surface area contributed by atoms with Gasteiger partial charge in [-0.15, -0.1) is 10.2 Å². The van der Waals surface area contributed by atoms with Crippen LogP contribution in [0.3, 0.4) is 0 Å². The third kappa shape index (κ3) is 5.93. The summed E-state index contributed by atoms with van der Waals surface area (Å²) in [5.74, 6) is -0.650. The van der Waals surface area contributed by atoms with E-state index in [1.165, 1.54) is 12.3 Å². The second-order valence-corrected chi connectivity index (χ2v) is 7.97. The van der Waals surface area contributed by atoms with Crippen LogP contribution in [0.5, 0.6) is 5.75 Å². The number of benzene rings is 2. The van der Waals surface area contributed by atoms with Crippen molar-refractivity contribution in [2.24, 2.45) is 5.10 Å². The summed E-state index contributed by atoms with van der Waals surface area (Å²) >= 11 is 4.40. The van der Waals surface area contributed by atoms with Crippen LogP contribution in [0.25, 0.3) is 0 Å². The molecule has 148 valence electrons. The summed E-state index contributed by atoms with van der Waals surface area (Å²) in [4.78, 5) is 24.2. The number of aromatic nitrogens is 2. The Labute approximate surface area is 178 Å². The topological polar surface area (TPSA) is 117 Å². The van der Waals surface area contributed by atoms with E-state index in [4.69, 9.17) is 0 Å². The normalized spacial score (nSPS) is 10.8. The Balaban J connectivity index is 1.53. The third-order valence-corrected chi connectivity index (χ3v) is 5.03. The maximum absolute atomic E-state index is 12.2. The molecule has 10 heteroatoms. The van der Waals surface area contributed by atoms with Gasteiger partial charge in [0.05, 0.1) is 12.6 Å². The summed E-state index contributed by atoms with van der Waals surface area (Å²) in [5, 5.41) is 24.7. The van der Waals surface area contributed by atoms with Gasteiger partial charge in [-0.3, -0.25) is 14.9 Å². The Bertz CT molecular complexity index is 1070. The third-order valence-electron chi connectivity index (χ3n) is 3.70. The van der Waals surface area contributed by atoms with Crippen molar-refractivity contribution in [3.63, 3.8) is 0 Å². The monoisotopic (exact) mass is 473 g/mol. The summed E-state index contributed by atoms with van der Waals surface area (Å²) in [6.45, 7) is 1.94. The van der Waals surface area contributed by atoms with Crippen LogP contribution in [-0.2, 0) is 11.2 Å². The molecule has 2 amide bonds. The van der Waals surface area contributed by atoms with Crippen molar-refractivity contribution in [1.82, 2.24) is 15.6 Å². The van der Waals surface area contributed by atoms with Crippen molar-refractivity contribution in [2.75, 3.05) is 5.32 Å². The zero-order valence-electron chi connectivity index (χ0n) is 15.2. The number of anilines is 1. The Hall–Kier alpha value is -3.11. The summed E-state index contributed by atoms with van der Waals surface area (Å²) in [7, 11) is 0. The Kier molecular flexibility index (Phi) is 6.68. The van der Waals surface area contributed by atoms with Crippen molar-refractivity contribution in [2.45, 2.75) is 13.3 Å². The van der Waals surface area contributed by atoms with Crippen molar-refractivity contribution in [1.29, 1.82) is 0 Å². The summed E-state index contributed by atoms with van der Waals surface area (Å²) < 4.78 is 0.775. The lowest BCUT2D eigenvalue weighted by atomic mass is 10.1. The first kappa shape index (κ1) is 20.6. The number of rotatable bonds is 6. The van der Waals surface area contributed by atoms with Crippen LogP contribution >= 0.6 is 27.3 Å². The minimum absolute atomic E-state index is 0.0418. The highest BCUT2D eigenvalue weighted by molar-refractivity contribution is 9.10. The molecule has 0 bridgehead atoms. The van der Waals surface area contributed by atoms with Crippen LogP contribution in [0.1, 0.15) is 26.5 Å². The van der Waals surface area contributed by atoms with Gasteiger partial charge in [0, 0.05) is 15.6 Å². The molecule has 0 atom stereocenters. The largest absolute Gasteiger partial charge is 0.507 e. The highest BCUT2D eigenvalue weighted by Gasteiger charge is 2.12. The van der Waals surface area contributed by atoms with E-state index in [2.05, 4.69) is 42.0 Å². The number of aryl methyl sites for hydroxylation is 1. The van der Waals surface area contributed by atoms with Gasteiger partial charge in [-0.1, -0.05) is 45.0 Å². The van der Waals surface area contributed by atoms with Gasteiger partial charge < -0.3 is 5.11 Å². The van der Waals surface area contributed by atoms with Crippen LogP contribution in [0.4, 0.5) is 5.13 Å². The number of aromatic hydroxyl groups is 1. The number of hydrazone groups is 1. The molecule has 3 rings (SSSR count). The van der Waals surface area contributed by atoms with Crippen LogP contribution < -0.4 is 10.7 Å². The van der Waals surface area contributed by atoms with Gasteiger partial charge in [-0.25, -0.2) is 5.43 Å². The molecule has 0 radical (unpaired) electrons. The van der Waals surface area contributed by atoms with E-state index in [0.717, 1.165) is 21.4 Å². The zero-order valence-corrected chi connectivity index (χ0v) is 17.6. The van der Waals surface area contributed by atoms with Crippen molar-refractivity contribution < 1.29 is 14.7 Å². The molecular formula is C19H16BrN5O3S. The van der Waals surface area contributed by atoms with Crippen molar-refractivity contribution >= 4 is 50.4 Å². The number of nitrogens with one attached hydrogen (secondary N) is 2. The molecule has 0 spiro atoms. The molecule has 1 heterocycles. The number of halogens is 1. The van der Waals surface area contributed by atoms with Crippen LogP contribution in [-0.4, -0.2) is 33.3 Å². The van der Waals surface area contributed by atoms with E-state index in [0.29, 0.717) is 21.3 Å². The minimum atomic E-state index is -0.400. The number of phenols is 1. The summed E-state index contributed by atoms with van der Waals surface area (Å²) in [5.41, 5.74) is 4.39. The molecule has 0 unspecified atom stereocenters. The standard InChI is InChI=1S/C19H16BrN5O3S/c1-11-2-4-12(5-3-11)18(28)22-19-25-24-17(29-19)9-16(27)23-21-10-13-8-14(20)6-7-15(13)26/h2-8,10,26H,9H2,1H3,(H,23,27)(H,22,25,28). The SMILES string of the molecule is Cc1ccc(C(=O)Nc2nnc(CC(=O)NN=Cc3cc(Br)ccc3O)s2)cc1. The van der Waals surface area contributed by atoms with Crippen LogP contribution in [0.15, 0.2) is 52.0 Å². The number of carbonyl (C=O) groups excluding carboxylic acids is 2. The maximum Gasteiger partial charge on any atom is 0.257 e. The first-order valence-corrected chi connectivity index (χ1v) is 10.0. The molecule has 0 aliphatic carbocycles. The van der Waals surface area contributed by atoms with Gasteiger partial charge >= 0.3 is 0 Å². The number of nitrogens with zero attached hydrogens (tertiary/aromatic N) is 3. The van der Waals surface area contributed by atoms with E-state index < -0.39 is 5.91 Å². The van der Waals surface area contributed by atoms with Gasteiger partial charge in [0.1, 0.15) is 10.8 Å². The molecule has 3 N–H and O–H groups in total. The zero-order chi connectivity index (χ0) is 20.8. The Morgan fingerprint density at radius 1 is 1.21 bits per heavy atom. The van der Waals surface area contributed by atoms with Gasteiger partial charge in [0.25, 0.3) is 5.91 Å². The van der Waals surface area contributed by atoms with Gasteiger partial charge in [0.15, 0.2) is 0 Å². The molecule has 0 saturated heterocycles. The fourth-order valence-corrected chi connectivity index (χ4v) is 3.34. The van der Waals surface area contributed by atoms with E-state index in [9.17, 15) is 14.7 Å². The van der Waals surface area contributed by atoms with Crippen molar-refractivity contribution in [3.8, 4) is 5.75 Å². The highest BCUT2D eigenvalue weighted by atomic mass is 79.9. The fourth-order valence-electron chi connectivity index (χ4n) is 2.23. The van der Waals surface area contributed by atoms with E-state index in [1.807, 2.05) is 19.1 Å².